The Bertz CT molecular complexity index is 772. The molecule has 0 saturated heterocycles. The van der Waals surface area contributed by atoms with Crippen molar-refractivity contribution in [2.45, 2.75) is 19.4 Å². The summed E-state index contributed by atoms with van der Waals surface area (Å²) in [7, 11) is 0. The van der Waals surface area contributed by atoms with Crippen molar-refractivity contribution in [2.24, 2.45) is 0 Å². The van der Waals surface area contributed by atoms with E-state index in [-0.39, 0.29) is 6.10 Å². The SMILES string of the molecule is Cc1ccccc1[C@H]1OCCc2c1[nH]c1ccccc21. The third kappa shape index (κ3) is 1.69. The van der Waals surface area contributed by atoms with Gasteiger partial charge in [0.2, 0.25) is 0 Å². The Labute approximate surface area is 118 Å². The van der Waals surface area contributed by atoms with Crippen LogP contribution in [0.25, 0.3) is 10.9 Å². The summed E-state index contributed by atoms with van der Waals surface area (Å²) in [6, 6.07) is 17.0. The molecule has 20 heavy (non-hydrogen) atoms. The van der Waals surface area contributed by atoms with Gasteiger partial charge in [0, 0.05) is 10.9 Å². The second-order valence-electron chi connectivity index (χ2n) is 5.42. The molecular formula is C18H17NO. The van der Waals surface area contributed by atoms with Gasteiger partial charge in [0.25, 0.3) is 0 Å². The van der Waals surface area contributed by atoms with Crippen LogP contribution in [0.15, 0.2) is 48.5 Å². The van der Waals surface area contributed by atoms with E-state index >= 15 is 0 Å². The third-order valence-corrected chi connectivity index (χ3v) is 4.22. The van der Waals surface area contributed by atoms with Crippen molar-refractivity contribution < 1.29 is 4.74 Å². The zero-order valence-electron chi connectivity index (χ0n) is 11.5. The van der Waals surface area contributed by atoms with E-state index in [1.165, 1.54) is 33.3 Å². The number of aromatic nitrogens is 1. The smallest absolute Gasteiger partial charge is 0.123 e. The van der Waals surface area contributed by atoms with Crippen LogP contribution in [0.4, 0.5) is 0 Å². The largest absolute Gasteiger partial charge is 0.367 e. The number of hydrogen-bond donors (Lipinski definition) is 1. The maximum Gasteiger partial charge on any atom is 0.123 e. The highest BCUT2D eigenvalue weighted by Gasteiger charge is 2.26. The topological polar surface area (TPSA) is 25.0 Å². The quantitative estimate of drug-likeness (QED) is 0.701. The van der Waals surface area contributed by atoms with E-state index in [0.29, 0.717) is 0 Å². The molecule has 0 aliphatic carbocycles. The molecule has 4 rings (SSSR count). The van der Waals surface area contributed by atoms with Crippen LogP contribution in [-0.4, -0.2) is 11.6 Å². The van der Waals surface area contributed by atoms with Crippen molar-refractivity contribution in [3.8, 4) is 0 Å². The second kappa shape index (κ2) is 4.50. The predicted molar refractivity (Wildman–Crippen MR) is 81.0 cm³/mol. The molecule has 0 amide bonds. The molecule has 2 nitrogen and oxygen atoms in total. The summed E-state index contributed by atoms with van der Waals surface area (Å²) >= 11 is 0. The zero-order chi connectivity index (χ0) is 13.5. The van der Waals surface area contributed by atoms with Crippen LogP contribution in [0, 0.1) is 6.92 Å². The first-order valence-electron chi connectivity index (χ1n) is 7.11. The van der Waals surface area contributed by atoms with Crippen molar-refractivity contribution in [2.75, 3.05) is 6.61 Å². The van der Waals surface area contributed by atoms with Crippen molar-refractivity contribution in [3.63, 3.8) is 0 Å². The number of benzene rings is 2. The first-order valence-corrected chi connectivity index (χ1v) is 7.11. The zero-order valence-corrected chi connectivity index (χ0v) is 11.5. The Balaban J connectivity index is 1.92. The number of nitrogens with one attached hydrogen (secondary N) is 1. The highest BCUT2D eigenvalue weighted by Crippen LogP contribution is 2.37. The molecule has 100 valence electrons. The number of hydrogen-bond acceptors (Lipinski definition) is 1. The fourth-order valence-electron chi connectivity index (χ4n) is 3.20. The van der Waals surface area contributed by atoms with Gasteiger partial charge in [-0.3, -0.25) is 0 Å². The van der Waals surface area contributed by atoms with Gasteiger partial charge >= 0.3 is 0 Å². The standard InChI is InChI=1S/C18H17NO/c1-12-6-2-3-7-13(12)18-17-15(10-11-20-18)14-8-4-5-9-16(14)19-17/h2-9,18-19H,10-11H2,1H3/t18-/m1/s1. The predicted octanol–water partition coefficient (Wildman–Crippen LogP) is 4.14. The maximum absolute atomic E-state index is 6.07. The molecule has 0 bridgehead atoms. The first-order chi connectivity index (χ1) is 9.84. The summed E-state index contributed by atoms with van der Waals surface area (Å²) in [5, 5.41) is 1.34. The van der Waals surface area contributed by atoms with E-state index in [4.69, 9.17) is 4.74 Å². The van der Waals surface area contributed by atoms with Crippen LogP contribution in [0.3, 0.4) is 0 Å². The molecule has 0 radical (unpaired) electrons. The van der Waals surface area contributed by atoms with E-state index in [1.54, 1.807) is 0 Å². The monoisotopic (exact) mass is 263 g/mol. The number of fused-ring (bicyclic) bond motifs is 3. The number of aromatic amines is 1. The van der Waals surface area contributed by atoms with Crippen molar-refractivity contribution in [3.05, 3.63) is 70.9 Å². The van der Waals surface area contributed by atoms with E-state index in [9.17, 15) is 0 Å². The fourth-order valence-corrected chi connectivity index (χ4v) is 3.20. The molecule has 1 aromatic heterocycles. The molecule has 1 atom stereocenters. The summed E-state index contributed by atoms with van der Waals surface area (Å²) in [4.78, 5) is 3.57. The second-order valence-corrected chi connectivity index (χ2v) is 5.42. The number of para-hydroxylation sites is 1. The summed E-state index contributed by atoms with van der Waals surface area (Å²) in [5.74, 6) is 0. The lowest BCUT2D eigenvalue weighted by atomic mass is 9.95. The van der Waals surface area contributed by atoms with Gasteiger partial charge in [-0.1, -0.05) is 42.5 Å². The third-order valence-electron chi connectivity index (χ3n) is 4.22. The van der Waals surface area contributed by atoms with Gasteiger partial charge in [-0.05, 0) is 36.1 Å². The summed E-state index contributed by atoms with van der Waals surface area (Å²) in [5.41, 5.74) is 6.40. The van der Waals surface area contributed by atoms with Gasteiger partial charge in [0.05, 0.1) is 12.3 Å². The minimum absolute atomic E-state index is 0.0346. The number of ether oxygens (including phenoxy) is 1. The van der Waals surface area contributed by atoms with Crippen LogP contribution in [0.5, 0.6) is 0 Å². The van der Waals surface area contributed by atoms with Gasteiger partial charge in [0.1, 0.15) is 6.10 Å². The Morgan fingerprint density at radius 2 is 1.85 bits per heavy atom. The molecule has 0 spiro atoms. The molecule has 1 aliphatic rings. The average molecular weight is 263 g/mol. The van der Waals surface area contributed by atoms with Gasteiger partial charge in [0.15, 0.2) is 0 Å². The average Bonchev–Trinajstić information content (AvgIpc) is 2.86. The van der Waals surface area contributed by atoms with Crippen LogP contribution in [0.1, 0.15) is 28.5 Å². The van der Waals surface area contributed by atoms with E-state index in [1.807, 2.05) is 0 Å². The van der Waals surface area contributed by atoms with E-state index in [2.05, 4.69) is 60.4 Å². The lowest BCUT2D eigenvalue weighted by Crippen LogP contribution is -2.17. The Morgan fingerprint density at radius 1 is 1.05 bits per heavy atom. The lowest BCUT2D eigenvalue weighted by Gasteiger charge is -2.25. The highest BCUT2D eigenvalue weighted by molar-refractivity contribution is 5.85. The molecular weight excluding hydrogens is 246 g/mol. The molecule has 0 unspecified atom stereocenters. The molecule has 2 aromatic carbocycles. The van der Waals surface area contributed by atoms with E-state index in [0.717, 1.165) is 13.0 Å². The summed E-state index contributed by atoms with van der Waals surface area (Å²) in [6.07, 6.45) is 1.02. The van der Waals surface area contributed by atoms with Gasteiger partial charge in [-0.15, -0.1) is 0 Å². The highest BCUT2D eigenvalue weighted by atomic mass is 16.5. The molecule has 1 N–H and O–H groups in total. The molecule has 1 aliphatic heterocycles. The molecule has 0 fully saturated rings. The number of rotatable bonds is 1. The van der Waals surface area contributed by atoms with Crippen molar-refractivity contribution in [1.29, 1.82) is 0 Å². The van der Waals surface area contributed by atoms with Crippen LogP contribution in [-0.2, 0) is 11.2 Å². The lowest BCUT2D eigenvalue weighted by molar-refractivity contribution is 0.0673. The Kier molecular flexibility index (Phi) is 2.64. The first kappa shape index (κ1) is 11.7. The normalized spacial score (nSPS) is 18.1. The summed E-state index contributed by atoms with van der Waals surface area (Å²) in [6.45, 7) is 2.93. The summed E-state index contributed by atoms with van der Waals surface area (Å²) < 4.78 is 6.07. The molecule has 0 saturated carbocycles. The van der Waals surface area contributed by atoms with Crippen LogP contribution < -0.4 is 0 Å². The molecule has 2 heterocycles. The van der Waals surface area contributed by atoms with Crippen LogP contribution >= 0.6 is 0 Å². The number of aryl methyl sites for hydroxylation is 1. The minimum atomic E-state index is 0.0346. The minimum Gasteiger partial charge on any atom is -0.367 e. The Hall–Kier alpha value is -2.06. The maximum atomic E-state index is 6.07. The molecule has 3 aromatic rings. The van der Waals surface area contributed by atoms with Gasteiger partial charge in [-0.25, -0.2) is 0 Å². The fraction of sp³-hybridized carbons (Fsp3) is 0.222. The van der Waals surface area contributed by atoms with E-state index < -0.39 is 0 Å². The van der Waals surface area contributed by atoms with Crippen LogP contribution in [0.2, 0.25) is 0 Å². The van der Waals surface area contributed by atoms with Crippen molar-refractivity contribution in [1.82, 2.24) is 4.98 Å². The Morgan fingerprint density at radius 3 is 2.75 bits per heavy atom. The molecule has 2 heteroatoms. The number of H-pyrrole nitrogens is 1. The van der Waals surface area contributed by atoms with Crippen molar-refractivity contribution >= 4 is 10.9 Å². The van der Waals surface area contributed by atoms with Gasteiger partial charge in [-0.2, -0.15) is 0 Å². The van der Waals surface area contributed by atoms with Gasteiger partial charge < -0.3 is 9.72 Å².